The van der Waals surface area contributed by atoms with Crippen molar-refractivity contribution in [2.45, 2.75) is 16.6 Å². The van der Waals surface area contributed by atoms with E-state index in [0.717, 1.165) is 0 Å². The smallest absolute Gasteiger partial charge is 0.361 e. The number of carbonyl (C=O) groups is 2. The maximum absolute atomic E-state index is 11.3. The van der Waals surface area contributed by atoms with E-state index in [2.05, 4.69) is 9.47 Å². The topological polar surface area (TPSA) is 52.6 Å². The summed E-state index contributed by atoms with van der Waals surface area (Å²) >= 11 is 53.2. The summed E-state index contributed by atoms with van der Waals surface area (Å²) in [5.41, 5.74) is 0. The first kappa shape index (κ1) is 21.8. The molecule has 0 rings (SSSR count). The summed E-state index contributed by atoms with van der Waals surface area (Å²) in [5.74, 6) is -3.11. The van der Waals surface area contributed by atoms with Gasteiger partial charge in [0.2, 0.25) is 0 Å². The zero-order valence-electron chi connectivity index (χ0n) is 8.41. The van der Waals surface area contributed by atoms with Crippen LogP contribution >= 0.6 is 116 Å². The van der Waals surface area contributed by atoms with Crippen molar-refractivity contribution in [1.82, 2.24) is 0 Å². The van der Waals surface area contributed by atoms with E-state index < -0.39 is 28.6 Å². The molecule has 0 saturated carbocycles. The summed E-state index contributed by atoms with van der Waals surface area (Å²) in [6.07, 6.45) is 0. The summed E-state index contributed by atoms with van der Waals surface area (Å²) in [5, 5.41) is 0. The largest absolute Gasteiger partial charge is 0.418 e. The first-order chi connectivity index (χ1) is 8.51. The van der Waals surface area contributed by atoms with E-state index in [0.29, 0.717) is 0 Å². The average molecular weight is 491 g/mol. The highest BCUT2D eigenvalue weighted by atomic mass is 35.6. The van der Waals surface area contributed by atoms with Crippen LogP contribution < -0.4 is 0 Å². The molecule has 0 aliphatic carbocycles. The molecule has 0 aromatic heterocycles. The molecule has 20 heavy (non-hydrogen) atoms. The number of alkyl halides is 10. The monoisotopic (exact) mass is 486 g/mol. The Bertz CT molecular complexity index is 356. The number of carbonyl (C=O) groups excluding carboxylic acids is 2. The van der Waals surface area contributed by atoms with Gasteiger partial charge in [0.25, 0.3) is 7.59 Å². The minimum Gasteiger partial charge on any atom is -0.418 e. The maximum atomic E-state index is 11.3. The summed E-state index contributed by atoms with van der Waals surface area (Å²) in [7, 11) is 0. The van der Waals surface area contributed by atoms with E-state index in [9.17, 15) is 9.59 Å². The fourth-order valence-electron chi connectivity index (χ4n) is 0.467. The first-order valence-electron chi connectivity index (χ1n) is 3.86. The van der Waals surface area contributed by atoms with Gasteiger partial charge in [0.1, 0.15) is 0 Å². The Labute approximate surface area is 162 Å². The van der Waals surface area contributed by atoms with Crippen molar-refractivity contribution in [1.29, 1.82) is 0 Å². The maximum Gasteiger partial charge on any atom is 0.361 e. The third-order valence-electron chi connectivity index (χ3n) is 1.24. The van der Waals surface area contributed by atoms with Gasteiger partial charge >= 0.3 is 21.0 Å². The Balaban J connectivity index is 5.09. The van der Waals surface area contributed by atoms with Gasteiger partial charge in [-0.25, -0.2) is 9.59 Å². The van der Waals surface area contributed by atoms with Gasteiger partial charge in [0.05, 0.1) is 0 Å². The highest BCUT2D eigenvalue weighted by Crippen LogP contribution is 2.47. The lowest BCUT2D eigenvalue weighted by Gasteiger charge is -2.32. The molecule has 4 nitrogen and oxygen atoms in total. The first-order valence-corrected chi connectivity index (χ1v) is 7.64. The number of rotatable bonds is 3. The van der Waals surface area contributed by atoms with E-state index in [4.69, 9.17) is 116 Å². The molecule has 0 atom stereocenters. The van der Waals surface area contributed by atoms with Gasteiger partial charge in [-0.3, -0.25) is 0 Å². The van der Waals surface area contributed by atoms with Crippen LogP contribution in [0.3, 0.4) is 0 Å². The summed E-state index contributed by atoms with van der Waals surface area (Å²) in [6, 6.07) is 0. The molecular formula is C6Cl10O4. The van der Waals surface area contributed by atoms with Gasteiger partial charge < -0.3 is 9.47 Å². The van der Waals surface area contributed by atoms with Gasteiger partial charge in [0.15, 0.2) is 0 Å². The fraction of sp³-hybridized carbons (Fsp3) is 0.667. The van der Waals surface area contributed by atoms with Gasteiger partial charge in [-0.1, -0.05) is 69.6 Å². The zero-order valence-corrected chi connectivity index (χ0v) is 16.0. The zero-order chi connectivity index (χ0) is 16.6. The van der Waals surface area contributed by atoms with Crippen molar-refractivity contribution in [3.63, 3.8) is 0 Å². The van der Waals surface area contributed by atoms with Gasteiger partial charge in [-0.05, 0) is 46.4 Å². The van der Waals surface area contributed by atoms with Crippen molar-refractivity contribution in [2.75, 3.05) is 0 Å². The van der Waals surface area contributed by atoms with Crippen LogP contribution in [-0.2, 0) is 19.1 Å². The molecule has 0 amide bonds. The van der Waals surface area contributed by atoms with E-state index in [1.54, 1.807) is 0 Å². The van der Waals surface area contributed by atoms with Crippen LogP contribution in [0, 0.1) is 0 Å². The second kappa shape index (κ2) is 7.16. The Morgan fingerprint density at radius 3 is 0.900 bits per heavy atom. The molecule has 0 aromatic carbocycles. The normalized spacial score (nSPS) is 13.9. The second-order valence-corrected chi connectivity index (χ2v) is 9.89. The van der Waals surface area contributed by atoms with Crippen LogP contribution in [0.5, 0.6) is 0 Å². The van der Waals surface area contributed by atoms with Crippen LogP contribution in [0.2, 0.25) is 0 Å². The molecule has 0 fully saturated rings. The van der Waals surface area contributed by atoms with E-state index in [-0.39, 0.29) is 0 Å². The van der Waals surface area contributed by atoms with Crippen LogP contribution in [0.15, 0.2) is 0 Å². The Kier molecular flexibility index (Phi) is 7.82. The third-order valence-corrected chi connectivity index (χ3v) is 3.93. The van der Waals surface area contributed by atoms with E-state index >= 15 is 0 Å². The number of hydrogen-bond acceptors (Lipinski definition) is 4. The molecule has 0 spiro atoms. The second-order valence-electron chi connectivity index (χ2n) is 2.81. The van der Waals surface area contributed by atoms with E-state index in [1.165, 1.54) is 0 Å². The molecule has 0 saturated heterocycles. The third kappa shape index (κ3) is 6.53. The Morgan fingerprint density at radius 1 is 0.550 bits per heavy atom. The molecule has 0 radical (unpaired) electrons. The lowest BCUT2D eigenvalue weighted by molar-refractivity contribution is -0.162. The molecule has 14 heteroatoms. The number of ether oxygens (including phenoxy) is 2. The fourth-order valence-corrected chi connectivity index (χ4v) is 1.13. The van der Waals surface area contributed by atoms with Crippen LogP contribution in [0.4, 0.5) is 0 Å². The van der Waals surface area contributed by atoms with Gasteiger partial charge in [-0.15, -0.1) is 0 Å². The number of halogens is 10. The molecule has 0 aliphatic rings. The van der Waals surface area contributed by atoms with Crippen LogP contribution in [0.1, 0.15) is 0 Å². The molecular weight excluding hydrogens is 491 g/mol. The minimum absolute atomic E-state index is 1.55. The standard InChI is InChI=1S/C6Cl10O4/c7-3(8,9)1(17)19-5(13,14)6(15,16)20-2(18)4(10,11)12. The van der Waals surface area contributed by atoms with Gasteiger partial charge in [0, 0.05) is 0 Å². The molecule has 0 aliphatic heterocycles. The Hall–Kier alpha value is 1.84. The van der Waals surface area contributed by atoms with Crippen molar-refractivity contribution < 1.29 is 19.1 Å². The van der Waals surface area contributed by atoms with Crippen LogP contribution in [0.25, 0.3) is 0 Å². The number of hydrogen-bond donors (Lipinski definition) is 0. The molecule has 0 N–H and O–H groups in total. The van der Waals surface area contributed by atoms with E-state index in [1.807, 2.05) is 0 Å². The molecule has 0 heterocycles. The van der Waals surface area contributed by atoms with Gasteiger partial charge in [-0.2, -0.15) is 0 Å². The average Bonchev–Trinajstić information content (AvgIpc) is 2.12. The van der Waals surface area contributed by atoms with Crippen molar-refractivity contribution in [2.24, 2.45) is 0 Å². The minimum atomic E-state index is -2.87. The predicted molar refractivity (Wildman–Crippen MR) is 81.6 cm³/mol. The van der Waals surface area contributed by atoms with Crippen LogP contribution in [-0.4, -0.2) is 28.6 Å². The SMILES string of the molecule is O=C(OC(Cl)(Cl)C(Cl)(Cl)OC(=O)C(Cl)(Cl)Cl)C(Cl)(Cl)Cl. The number of esters is 2. The molecule has 0 bridgehead atoms. The molecule has 0 aromatic rings. The molecule has 0 unspecified atom stereocenters. The summed E-state index contributed by atoms with van der Waals surface area (Å²) in [6.45, 7) is 0. The van der Waals surface area contributed by atoms with Crippen molar-refractivity contribution >= 4 is 128 Å². The lowest BCUT2D eigenvalue weighted by atomic mass is 10.6. The lowest BCUT2D eigenvalue weighted by Crippen LogP contribution is -2.47. The quantitative estimate of drug-likeness (QED) is 0.409. The summed E-state index contributed by atoms with van der Waals surface area (Å²) < 4.78 is -2.22. The molecule has 118 valence electrons. The van der Waals surface area contributed by atoms with Crippen molar-refractivity contribution in [3.8, 4) is 0 Å². The van der Waals surface area contributed by atoms with Crippen molar-refractivity contribution in [3.05, 3.63) is 0 Å². The highest BCUT2D eigenvalue weighted by Gasteiger charge is 2.58. The summed E-state index contributed by atoms with van der Waals surface area (Å²) in [4.78, 5) is 22.6. The predicted octanol–water partition coefficient (Wildman–Crippen LogP) is 5.08. The Morgan fingerprint density at radius 2 is 0.750 bits per heavy atom. The highest BCUT2D eigenvalue weighted by molar-refractivity contribution is 6.76.